The average Bonchev–Trinajstić information content (AvgIpc) is 3.04. The Bertz CT molecular complexity index is 1170. The number of hydrogen-bond acceptors (Lipinski definition) is 6. The molecular weight excluding hydrogens is 414 g/mol. The van der Waals surface area contributed by atoms with E-state index in [4.69, 9.17) is 17.3 Å². The second-order valence-corrected chi connectivity index (χ2v) is 9.86. The maximum absolute atomic E-state index is 12.8. The van der Waals surface area contributed by atoms with Crippen LogP contribution in [0.1, 0.15) is 32.6 Å². The number of sulfonamides is 1. The van der Waals surface area contributed by atoms with Crippen LogP contribution >= 0.6 is 11.6 Å². The van der Waals surface area contributed by atoms with Crippen LogP contribution in [-0.4, -0.2) is 40.3 Å². The lowest BCUT2D eigenvalue weighted by Gasteiger charge is -2.33. The van der Waals surface area contributed by atoms with Crippen LogP contribution in [0, 0.1) is 0 Å². The number of H-pyrrole nitrogens is 1. The summed E-state index contributed by atoms with van der Waals surface area (Å²) in [6.07, 6.45) is 2.30. The van der Waals surface area contributed by atoms with Crippen LogP contribution in [-0.2, 0) is 10.0 Å². The number of aromatic amines is 1. The third-order valence-electron chi connectivity index (χ3n) is 5.35. The topological polar surface area (TPSA) is 134 Å². The molecule has 0 amide bonds. The van der Waals surface area contributed by atoms with Gasteiger partial charge in [0.2, 0.25) is 10.0 Å². The Morgan fingerprint density at radius 1 is 1.28 bits per heavy atom. The Kier molecular flexibility index (Phi) is 5.02. The van der Waals surface area contributed by atoms with E-state index in [1.807, 2.05) is 0 Å². The van der Waals surface area contributed by atoms with Gasteiger partial charge in [-0.1, -0.05) is 11.6 Å². The molecule has 1 aliphatic carbocycles. The molecule has 1 aliphatic rings. The van der Waals surface area contributed by atoms with Gasteiger partial charge in [0.05, 0.1) is 26.7 Å². The third kappa shape index (κ3) is 4.09. The molecule has 0 bridgehead atoms. The molecule has 29 heavy (non-hydrogen) atoms. The first-order valence-electron chi connectivity index (χ1n) is 9.30. The summed E-state index contributed by atoms with van der Waals surface area (Å²) >= 11 is 6.40. The van der Waals surface area contributed by atoms with Gasteiger partial charge in [0, 0.05) is 11.6 Å². The monoisotopic (exact) mass is 435 g/mol. The Labute approximate surface area is 173 Å². The molecule has 1 fully saturated rings. The summed E-state index contributed by atoms with van der Waals surface area (Å²) in [6, 6.07) is 7.92. The van der Waals surface area contributed by atoms with Gasteiger partial charge in [-0.05, 0) is 62.9 Å². The van der Waals surface area contributed by atoms with E-state index in [1.165, 1.54) is 12.1 Å². The Balaban J connectivity index is 1.58. The van der Waals surface area contributed by atoms with E-state index in [9.17, 15) is 13.5 Å². The minimum atomic E-state index is -3.72. The highest BCUT2D eigenvalue weighted by molar-refractivity contribution is 7.89. The number of nitrogens with zero attached hydrogens (tertiary/aromatic N) is 2. The zero-order valence-corrected chi connectivity index (χ0v) is 17.4. The molecule has 4 rings (SSSR count). The van der Waals surface area contributed by atoms with Crippen molar-refractivity contribution in [2.75, 3.05) is 5.73 Å². The molecule has 3 aromatic rings. The number of fused-ring (bicyclic) bond motifs is 1. The van der Waals surface area contributed by atoms with Crippen LogP contribution in [0.4, 0.5) is 5.82 Å². The molecule has 0 aliphatic heterocycles. The summed E-state index contributed by atoms with van der Waals surface area (Å²) in [5.41, 5.74) is 7.49. The Morgan fingerprint density at radius 2 is 2.00 bits per heavy atom. The van der Waals surface area contributed by atoms with E-state index < -0.39 is 15.6 Å². The van der Waals surface area contributed by atoms with Gasteiger partial charge in [-0.25, -0.2) is 18.1 Å². The minimum absolute atomic E-state index is 0.0903. The van der Waals surface area contributed by atoms with Gasteiger partial charge in [0.25, 0.3) is 0 Å². The maximum atomic E-state index is 12.8. The number of nitrogens with one attached hydrogen (secondary N) is 2. The summed E-state index contributed by atoms with van der Waals surface area (Å²) in [4.78, 5) is 4.56. The summed E-state index contributed by atoms with van der Waals surface area (Å²) in [7, 11) is -3.72. The fraction of sp³-hybridized carbons (Fsp3) is 0.368. The van der Waals surface area contributed by atoms with Crippen molar-refractivity contribution in [3.05, 3.63) is 35.4 Å². The summed E-state index contributed by atoms with van der Waals surface area (Å²) < 4.78 is 28.3. The zero-order valence-electron chi connectivity index (χ0n) is 15.8. The molecule has 2 heterocycles. The van der Waals surface area contributed by atoms with E-state index in [1.54, 1.807) is 25.1 Å². The number of anilines is 1. The van der Waals surface area contributed by atoms with Gasteiger partial charge in [0.15, 0.2) is 5.82 Å². The van der Waals surface area contributed by atoms with E-state index in [2.05, 4.69) is 19.9 Å². The van der Waals surface area contributed by atoms with Gasteiger partial charge in [-0.2, -0.15) is 5.10 Å². The number of benzene rings is 1. The Hall–Kier alpha value is -2.20. The summed E-state index contributed by atoms with van der Waals surface area (Å²) in [5.74, 6) is 0.285. The lowest BCUT2D eigenvalue weighted by atomic mass is 9.84. The number of halogens is 1. The predicted octanol–water partition coefficient (Wildman–Crippen LogP) is 2.83. The largest absolute Gasteiger partial charge is 0.390 e. The number of pyridine rings is 1. The molecule has 0 spiro atoms. The first-order valence-corrected chi connectivity index (χ1v) is 11.2. The van der Waals surface area contributed by atoms with Crippen molar-refractivity contribution in [3.63, 3.8) is 0 Å². The average molecular weight is 436 g/mol. The molecular formula is C19H22ClN5O3S. The second kappa shape index (κ2) is 7.24. The number of nitrogen functional groups attached to an aromatic ring is 1. The van der Waals surface area contributed by atoms with E-state index in [0.29, 0.717) is 48.0 Å². The van der Waals surface area contributed by atoms with Crippen molar-refractivity contribution in [3.8, 4) is 11.3 Å². The van der Waals surface area contributed by atoms with Crippen molar-refractivity contribution in [2.24, 2.45) is 0 Å². The standard InChI is InChI=1S/C19H22ClN5O3S/c1-19(26)8-6-11(7-9-19)25-29(27,28)12-2-3-13(14(20)10-12)15-4-5-16-17(22-15)18(21)24-23-16/h2-5,10-11,25-26H,6-9H2,1H3,(H3,21,23,24). The lowest BCUT2D eigenvalue weighted by Crippen LogP contribution is -2.42. The predicted molar refractivity (Wildman–Crippen MR) is 112 cm³/mol. The molecule has 0 radical (unpaired) electrons. The van der Waals surface area contributed by atoms with Crippen molar-refractivity contribution >= 4 is 38.5 Å². The van der Waals surface area contributed by atoms with Crippen LogP contribution in [0.5, 0.6) is 0 Å². The SMILES string of the molecule is CC1(O)CCC(NS(=O)(=O)c2ccc(-c3ccc4[nH]nc(N)c4n3)c(Cl)c2)CC1. The molecule has 10 heteroatoms. The molecule has 8 nitrogen and oxygen atoms in total. The van der Waals surface area contributed by atoms with Gasteiger partial charge >= 0.3 is 0 Å². The zero-order chi connectivity index (χ0) is 20.8. The number of nitrogens with two attached hydrogens (primary N) is 1. The molecule has 0 unspecified atom stereocenters. The molecule has 5 N–H and O–H groups in total. The molecule has 0 atom stereocenters. The quantitative estimate of drug-likeness (QED) is 0.497. The van der Waals surface area contributed by atoms with Gasteiger partial charge in [0.1, 0.15) is 5.52 Å². The van der Waals surface area contributed by atoms with E-state index in [0.717, 1.165) is 0 Å². The van der Waals surface area contributed by atoms with E-state index in [-0.39, 0.29) is 21.8 Å². The number of hydrogen-bond donors (Lipinski definition) is 4. The maximum Gasteiger partial charge on any atom is 0.240 e. The highest BCUT2D eigenvalue weighted by atomic mass is 35.5. The minimum Gasteiger partial charge on any atom is -0.390 e. The fourth-order valence-electron chi connectivity index (χ4n) is 3.58. The van der Waals surface area contributed by atoms with Crippen molar-refractivity contribution in [2.45, 2.75) is 49.1 Å². The summed E-state index contributed by atoms with van der Waals surface area (Å²) in [6.45, 7) is 1.78. The highest BCUT2D eigenvalue weighted by Gasteiger charge is 2.31. The first-order chi connectivity index (χ1) is 13.6. The molecule has 2 aromatic heterocycles. The lowest BCUT2D eigenvalue weighted by molar-refractivity contribution is 0.0163. The van der Waals surface area contributed by atoms with Gasteiger partial charge < -0.3 is 10.8 Å². The Morgan fingerprint density at radius 3 is 2.69 bits per heavy atom. The van der Waals surface area contributed by atoms with Crippen molar-refractivity contribution in [1.29, 1.82) is 0 Å². The normalized spacial score (nSPS) is 22.8. The molecule has 1 aromatic carbocycles. The fourth-order valence-corrected chi connectivity index (χ4v) is 5.26. The van der Waals surface area contributed by atoms with Gasteiger partial charge in [-0.15, -0.1) is 0 Å². The summed E-state index contributed by atoms with van der Waals surface area (Å²) in [5, 5.41) is 17.0. The molecule has 0 saturated heterocycles. The molecule has 1 saturated carbocycles. The van der Waals surface area contributed by atoms with Crippen LogP contribution in [0.15, 0.2) is 35.2 Å². The van der Waals surface area contributed by atoms with Crippen LogP contribution in [0.2, 0.25) is 5.02 Å². The highest BCUT2D eigenvalue weighted by Crippen LogP contribution is 2.32. The number of aromatic nitrogens is 3. The smallest absolute Gasteiger partial charge is 0.240 e. The van der Waals surface area contributed by atoms with Crippen molar-refractivity contribution < 1.29 is 13.5 Å². The van der Waals surface area contributed by atoms with E-state index >= 15 is 0 Å². The molecule has 154 valence electrons. The number of aliphatic hydroxyl groups is 1. The van der Waals surface area contributed by atoms with Crippen LogP contribution in [0.3, 0.4) is 0 Å². The third-order valence-corrected chi connectivity index (χ3v) is 7.18. The first kappa shape index (κ1) is 20.1. The van der Waals surface area contributed by atoms with Crippen molar-refractivity contribution in [1.82, 2.24) is 19.9 Å². The van der Waals surface area contributed by atoms with Crippen LogP contribution < -0.4 is 10.5 Å². The van der Waals surface area contributed by atoms with Crippen LogP contribution in [0.25, 0.3) is 22.3 Å². The van der Waals surface area contributed by atoms with Gasteiger partial charge in [-0.3, -0.25) is 5.10 Å². The second-order valence-electron chi connectivity index (χ2n) is 7.74. The number of rotatable bonds is 4.